The van der Waals surface area contributed by atoms with E-state index in [1.165, 1.54) is 23.1 Å². The Morgan fingerprint density at radius 2 is 2.06 bits per heavy atom. The van der Waals surface area contributed by atoms with Crippen LogP contribution in [0.1, 0.15) is 36.5 Å². The van der Waals surface area contributed by atoms with Crippen molar-refractivity contribution in [1.29, 1.82) is 0 Å². The minimum absolute atomic E-state index is 0.519. The van der Waals surface area contributed by atoms with Gasteiger partial charge in [-0.25, -0.2) is 0 Å². The van der Waals surface area contributed by atoms with Gasteiger partial charge in [-0.2, -0.15) is 0 Å². The summed E-state index contributed by atoms with van der Waals surface area (Å²) in [5.74, 6) is 0. The van der Waals surface area contributed by atoms with Crippen LogP contribution in [-0.4, -0.2) is 26.3 Å². The van der Waals surface area contributed by atoms with Gasteiger partial charge in [0, 0.05) is 19.8 Å². The van der Waals surface area contributed by atoms with E-state index in [0.717, 1.165) is 26.0 Å². The molecule has 0 bridgehead atoms. The standard InChI is InChI=1S/C16H27NO/c1-5-9-17-16(8-10-18-4)12-15-11-13(2)6-7-14(15)3/h6-7,11,16-17H,5,8-10,12H2,1-4H3. The molecule has 0 heterocycles. The molecule has 0 aromatic heterocycles. The van der Waals surface area contributed by atoms with Crippen molar-refractivity contribution in [3.8, 4) is 0 Å². The van der Waals surface area contributed by atoms with E-state index >= 15 is 0 Å². The first-order valence-corrected chi connectivity index (χ1v) is 6.95. The van der Waals surface area contributed by atoms with Gasteiger partial charge in [0.05, 0.1) is 0 Å². The molecule has 102 valence electrons. The summed E-state index contributed by atoms with van der Waals surface area (Å²) in [5, 5.41) is 3.62. The van der Waals surface area contributed by atoms with Gasteiger partial charge < -0.3 is 10.1 Å². The molecule has 1 aromatic carbocycles. The summed E-state index contributed by atoms with van der Waals surface area (Å²) >= 11 is 0. The van der Waals surface area contributed by atoms with Gasteiger partial charge in [-0.3, -0.25) is 0 Å². The fourth-order valence-electron chi connectivity index (χ4n) is 2.17. The third-order valence-electron chi connectivity index (χ3n) is 3.32. The van der Waals surface area contributed by atoms with E-state index in [1.807, 2.05) is 0 Å². The Morgan fingerprint density at radius 1 is 1.28 bits per heavy atom. The number of methoxy groups -OCH3 is 1. The predicted octanol–water partition coefficient (Wildman–Crippen LogP) is 3.25. The zero-order chi connectivity index (χ0) is 13.4. The van der Waals surface area contributed by atoms with Crippen LogP contribution in [0.15, 0.2) is 18.2 Å². The summed E-state index contributed by atoms with van der Waals surface area (Å²) in [6.07, 6.45) is 3.34. The Labute approximate surface area is 112 Å². The maximum absolute atomic E-state index is 5.20. The van der Waals surface area contributed by atoms with Gasteiger partial charge in [-0.15, -0.1) is 0 Å². The lowest BCUT2D eigenvalue weighted by Gasteiger charge is -2.19. The number of benzene rings is 1. The summed E-state index contributed by atoms with van der Waals surface area (Å²) in [6.45, 7) is 8.47. The van der Waals surface area contributed by atoms with Crippen LogP contribution in [0.3, 0.4) is 0 Å². The molecule has 0 spiro atoms. The average Bonchev–Trinajstić information content (AvgIpc) is 2.37. The molecule has 1 rings (SSSR count). The second kappa shape index (κ2) is 8.28. The largest absolute Gasteiger partial charge is 0.385 e. The highest BCUT2D eigenvalue weighted by Crippen LogP contribution is 2.14. The van der Waals surface area contributed by atoms with Crippen molar-refractivity contribution in [2.24, 2.45) is 0 Å². The molecule has 0 fully saturated rings. The Hall–Kier alpha value is -0.860. The Morgan fingerprint density at radius 3 is 2.72 bits per heavy atom. The molecule has 1 N–H and O–H groups in total. The molecule has 0 aliphatic rings. The van der Waals surface area contributed by atoms with Crippen LogP contribution in [0.25, 0.3) is 0 Å². The number of ether oxygens (including phenoxy) is 1. The maximum atomic E-state index is 5.20. The Kier molecular flexibility index (Phi) is 6.99. The minimum Gasteiger partial charge on any atom is -0.385 e. The molecule has 0 saturated carbocycles. The number of rotatable bonds is 8. The van der Waals surface area contributed by atoms with Crippen molar-refractivity contribution in [1.82, 2.24) is 5.32 Å². The summed E-state index contributed by atoms with van der Waals surface area (Å²) in [6, 6.07) is 7.23. The van der Waals surface area contributed by atoms with E-state index in [-0.39, 0.29) is 0 Å². The molecule has 18 heavy (non-hydrogen) atoms. The van der Waals surface area contributed by atoms with Gasteiger partial charge in [0.25, 0.3) is 0 Å². The lowest BCUT2D eigenvalue weighted by Crippen LogP contribution is -2.33. The zero-order valence-electron chi connectivity index (χ0n) is 12.3. The molecular weight excluding hydrogens is 222 g/mol. The Bertz CT molecular complexity index is 341. The number of nitrogens with one attached hydrogen (secondary N) is 1. The monoisotopic (exact) mass is 249 g/mol. The third-order valence-corrected chi connectivity index (χ3v) is 3.32. The lowest BCUT2D eigenvalue weighted by atomic mass is 9.97. The normalized spacial score (nSPS) is 12.7. The second-order valence-electron chi connectivity index (χ2n) is 5.07. The maximum Gasteiger partial charge on any atom is 0.0477 e. The van der Waals surface area contributed by atoms with Crippen molar-refractivity contribution < 1.29 is 4.74 Å². The van der Waals surface area contributed by atoms with E-state index in [9.17, 15) is 0 Å². The molecule has 0 aliphatic heterocycles. The summed E-state index contributed by atoms with van der Waals surface area (Å²) in [4.78, 5) is 0. The molecule has 2 nitrogen and oxygen atoms in total. The average molecular weight is 249 g/mol. The molecule has 1 aromatic rings. The van der Waals surface area contributed by atoms with Crippen LogP contribution < -0.4 is 5.32 Å². The van der Waals surface area contributed by atoms with E-state index in [1.54, 1.807) is 7.11 Å². The van der Waals surface area contributed by atoms with Crippen LogP contribution in [0, 0.1) is 13.8 Å². The highest BCUT2D eigenvalue weighted by Gasteiger charge is 2.10. The molecule has 1 unspecified atom stereocenters. The molecule has 0 radical (unpaired) electrons. The van der Waals surface area contributed by atoms with Crippen molar-refractivity contribution >= 4 is 0 Å². The second-order valence-corrected chi connectivity index (χ2v) is 5.07. The predicted molar refractivity (Wildman–Crippen MR) is 78.2 cm³/mol. The first kappa shape index (κ1) is 15.2. The van der Waals surface area contributed by atoms with Crippen molar-refractivity contribution in [3.63, 3.8) is 0 Å². The van der Waals surface area contributed by atoms with Gasteiger partial charge in [-0.05, 0) is 50.8 Å². The lowest BCUT2D eigenvalue weighted by molar-refractivity contribution is 0.182. The fourth-order valence-corrected chi connectivity index (χ4v) is 2.17. The third kappa shape index (κ3) is 5.19. The zero-order valence-corrected chi connectivity index (χ0v) is 12.3. The smallest absolute Gasteiger partial charge is 0.0477 e. The van der Waals surface area contributed by atoms with E-state index in [2.05, 4.69) is 44.3 Å². The van der Waals surface area contributed by atoms with E-state index < -0.39 is 0 Å². The van der Waals surface area contributed by atoms with Crippen LogP contribution in [0.5, 0.6) is 0 Å². The highest BCUT2D eigenvalue weighted by molar-refractivity contribution is 5.31. The van der Waals surface area contributed by atoms with Crippen molar-refractivity contribution in [2.45, 2.75) is 46.1 Å². The molecule has 0 saturated heterocycles. The highest BCUT2D eigenvalue weighted by atomic mass is 16.5. The van der Waals surface area contributed by atoms with E-state index in [4.69, 9.17) is 4.74 Å². The first-order valence-electron chi connectivity index (χ1n) is 6.95. The van der Waals surface area contributed by atoms with Gasteiger partial charge >= 0.3 is 0 Å². The molecular formula is C16H27NO. The number of hydrogen-bond donors (Lipinski definition) is 1. The number of hydrogen-bond acceptors (Lipinski definition) is 2. The van der Waals surface area contributed by atoms with Crippen molar-refractivity contribution in [3.05, 3.63) is 34.9 Å². The van der Waals surface area contributed by atoms with Crippen LogP contribution in [0.2, 0.25) is 0 Å². The molecule has 2 heteroatoms. The van der Waals surface area contributed by atoms with Gasteiger partial charge in [0.2, 0.25) is 0 Å². The SMILES string of the molecule is CCCNC(CCOC)Cc1cc(C)ccc1C. The topological polar surface area (TPSA) is 21.3 Å². The van der Waals surface area contributed by atoms with Crippen LogP contribution in [-0.2, 0) is 11.2 Å². The first-order chi connectivity index (χ1) is 8.67. The Balaban J connectivity index is 2.65. The fraction of sp³-hybridized carbons (Fsp3) is 0.625. The van der Waals surface area contributed by atoms with Gasteiger partial charge in [0.15, 0.2) is 0 Å². The van der Waals surface area contributed by atoms with Crippen LogP contribution >= 0.6 is 0 Å². The van der Waals surface area contributed by atoms with Gasteiger partial charge in [0.1, 0.15) is 0 Å². The molecule has 0 amide bonds. The number of aryl methyl sites for hydroxylation is 2. The van der Waals surface area contributed by atoms with E-state index in [0.29, 0.717) is 6.04 Å². The van der Waals surface area contributed by atoms with Crippen molar-refractivity contribution in [2.75, 3.05) is 20.3 Å². The molecule has 0 aliphatic carbocycles. The quantitative estimate of drug-likeness (QED) is 0.763. The van der Waals surface area contributed by atoms with Gasteiger partial charge in [-0.1, -0.05) is 30.7 Å². The minimum atomic E-state index is 0.519. The summed E-state index contributed by atoms with van der Waals surface area (Å²) in [5.41, 5.74) is 4.19. The summed E-state index contributed by atoms with van der Waals surface area (Å²) in [7, 11) is 1.77. The van der Waals surface area contributed by atoms with Crippen LogP contribution in [0.4, 0.5) is 0 Å². The molecule has 1 atom stereocenters. The summed E-state index contributed by atoms with van der Waals surface area (Å²) < 4.78 is 5.20.